The number of nitrogens with zero attached hydrogens (tertiary/aromatic N) is 2. The highest BCUT2D eigenvalue weighted by atomic mass is 32.2. The summed E-state index contributed by atoms with van der Waals surface area (Å²) in [6, 6.07) is 4.41. The normalized spacial score (nSPS) is 19.2. The summed E-state index contributed by atoms with van der Waals surface area (Å²) in [5.41, 5.74) is -0.675. The van der Waals surface area contributed by atoms with Crippen LogP contribution in [-0.4, -0.2) is 70.1 Å². The Morgan fingerprint density at radius 3 is 2.36 bits per heavy atom. The Hall–Kier alpha value is -1.07. The molecule has 10 heteroatoms. The lowest BCUT2D eigenvalue weighted by Gasteiger charge is -2.41. The van der Waals surface area contributed by atoms with Crippen LogP contribution in [0.15, 0.2) is 29.2 Å². The first-order valence-corrected chi connectivity index (χ1v) is 10.8. The predicted molar refractivity (Wildman–Crippen MR) is 91.6 cm³/mol. The maximum Gasteiger partial charge on any atom is 0.242 e. The molecule has 1 aromatic carbocycles. The molecular formula is C15H23FN2O5S2. The largest absolute Gasteiger partial charge is 0.378 e. The van der Waals surface area contributed by atoms with Crippen LogP contribution in [0.4, 0.5) is 4.39 Å². The van der Waals surface area contributed by atoms with Crippen LogP contribution in [-0.2, 0) is 24.8 Å². The first-order chi connectivity index (χ1) is 11.5. The number of benzene rings is 1. The average molecular weight is 394 g/mol. The van der Waals surface area contributed by atoms with Crippen molar-refractivity contribution in [3.8, 4) is 0 Å². The summed E-state index contributed by atoms with van der Waals surface area (Å²) in [5, 5.41) is 0. The predicted octanol–water partition coefficient (Wildman–Crippen LogP) is 0.887. The molecule has 1 aliphatic rings. The fraction of sp³-hybridized carbons (Fsp3) is 0.600. The van der Waals surface area contributed by atoms with Crippen molar-refractivity contribution in [2.24, 2.45) is 0 Å². The average Bonchev–Trinajstić information content (AvgIpc) is 2.52. The number of rotatable bonds is 6. The van der Waals surface area contributed by atoms with Crippen LogP contribution in [0.2, 0.25) is 0 Å². The molecule has 142 valence electrons. The Morgan fingerprint density at radius 1 is 1.20 bits per heavy atom. The Kier molecular flexibility index (Phi) is 5.89. The molecular weight excluding hydrogens is 371 g/mol. The van der Waals surface area contributed by atoms with Gasteiger partial charge in [0.25, 0.3) is 0 Å². The van der Waals surface area contributed by atoms with E-state index in [0.717, 1.165) is 28.6 Å². The van der Waals surface area contributed by atoms with Crippen molar-refractivity contribution in [1.82, 2.24) is 8.61 Å². The maximum absolute atomic E-state index is 13.0. The topological polar surface area (TPSA) is 84.0 Å². The van der Waals surface area contributed by atoms with E-state index in [2.05, 4.69) is 0 Å². The molecule has 0 saturated carbocycles. The number of hydrogen-bond acceptors (Lipinski definition) is 5. The molecule has 0 bridgehead atoms. The zero-order valence-corrected chi connectivity index (χ0v) is 16.1. The van der Waals surface area contributed by atoms with Crippen molar-refractivity contribution in [2.75, 3.05) is 39.1 Å². The molecule has 0 radical (unpaired) electrons. The van der Waals surface area contributed by atoms with Crippen LogP contribution in [0.3, 0.4) is 0 Å². The minimum absolute atomic E-state index is 0.0829. The van der Waals surface area contributed by atoms with Gasteiger partial charge in [-0.2, -0.15) is 8.61 Å². The van der Waals surface area contributed by atoms with E-state index in [0.29, 0.717) is 6.61 Å². The zero-order valence-electron chi connectivity index (χ0n) is 14.5. The molecule has 0 unspecified atom stereocenters. The maximum atomic E-state index is 13.0. The third-order valence-corrected chi connectivity index (χ3v) is 8.01. The second-order valence-electron chi connectivity index (χ2n) is 6.53. The van der Waals surface area contributed by atoms with Gasteiger partial charge in [-0.25, -0.2) is 21.2 Å². The first kappa shape index (κ1) is 20.2. The van der Waals surface area contributed by atoms with E-state index in [1.807, 2.05) is 0 Å². The summed E-state index contributed by atoms with van der Waals surface area (Å²) in [5.74, 6) is -0.883. The van der Waals surface area contributed by atoms with E-state index in [1.54, 1.807) is 13.8 Å². The van der Waals surface area contributed by atoms with Crippen LogP contribution in [0, 0.1) is 5.82 Å². The molecule has 0 aromatic heterocycles. The third-order valence-electron chi connectivity index (χ3n) is 4.09. The van der Waals surface area contributed by atoms with E-state index in [9.17, 15) is 21.2 Å². The standard InChI is InChI=1S/C15H23FN2O5S2/c1-15(2)12-23-10-8-18(15)24(19,20)11-9-17(3)25(21,22)14-6-4-13(16)5-7-14/h4-7H,8-12H2,1-3H3. The third kappa shape index (κ3) is 4.56. The monoisotopic (exact) mass is 394 g/mol. The molecule has 0 aliphatic carbocycles. The van der Waals surface area contributed by atoms with Gasteiger partial charge in [0.05, 0.1) is 29.4 Å². The lowest BCUT2D eigenvalue weighted by Crippen LogP contribution is -2.56. The van der Waals surface area contributed by atoms with Crippen LogP contribution < -0.4 is 0 Å². The fourth-order valence-corrected chi connectivity index (χ4v) is 5.79. The lowest BCUT2D eigenvalue weighted by atomic mass is 10.1. The van der Waals surface area contributed by atoms with Crippen LogP contribution >= 0.6 is 0 Å². The molecule has 1 aromatic rings. The molecule has 25 heavy (non-hydrogen) atoms. The molecule has 1 fully saturated rings. The highest BCUT2D eigenvalue weighted by molar-refractivity contribution is 7.90. The minimum atomic E-state index is -3.88. The summed E-state index contributed by atoms with van der Waals surface area (Å²) in [7, 11) is -6.22. The van der Waals surface area contributed by atoms with Gasteiger partial charge < -0.3 is 4.74 Å². The van der Waals surface area contributed by atoms with Crippen molar-refractivity contribution in [3.05, 3.63) is 30.1 Å². The van der Waals surface area contributed by atoms with Gasteiger partial charge >= 0.3 is 0 Å². The Balaban J connectivity index is 2.10. The molecule has 2 rings (SSSR count). The summed E-state index contributed by atoms with van der Waals surface area (Å²) < 4.78 is 70.7. The molecule has 1 heterocycles. The first-order valence-electron chi connectivity index (χ1n) is 7.77. The molecule has 1 saturated heterocycles. The molecule has 1 aliphatic heterocycles. The van der Waals surface area contributed by atoms with Gasteiger partial charge in [0.15, 0.2) is 0 Å². The van der Waals surface area contributed by atoms with E-state index in [-0.39, 0.29) is 30.3 Å². The van der Waals surface area contributed by atoms with Gasteiger partial charge in [0, 0.05) is 20.1 Å². The second-order valence-corrected chi connectivity index (χ2v) is 10.6. The quantitative estimate of drug-likeness (QED) is 0.715. The number of hydrogen-bond donors (Lipinski definition) is 0. The summed E-state index contributed by atoms with van der Waals surface area (Å²) in [4.78, 5) is -0.0829. The van der Waals surface area contributed by atoms with E-state index in [4.69, 9.17) is 4.74 Å². The van der Waals surface area contributed by atoms with Crippen molar-refractivity contribution in [2.45, 2.75) is 24.3 Å². The van der Waals surface area contributed by atoms with Gasteiger partial charge in [-0.05, 0) is 38.1 Å². The molecule has 0 N–H and O–H groups in total. The number of ether oxygens (including phenoxy) is 1. The van der Waals surface area contributed by atoms with Gasteiger partial charge in [-0.3, -0.25) is 0 Å². The fourth-order valence-electron chi connectivity index (χ4n) is 2.62. The van der Waals surface area contributed by atoms with Crippen molar-refractivity contribution in [3.63, 3.8) is 0 Å². The molecule has 7 nitrogen and oxygen atoms in total. The van der Waals surface area contributed by atoms with Gasteiger partial charge in [-0.15, -0.1) is 0 Å². The Bertz CT molecular complexity index is 807. The lowest BCUT2D eigenvalue weighted by molar-refractivity contribution is -0.00770. The van der Waals surface area contributed by atoms with Gasteiger partial charge in [0.2, 0.25) is 20.0 Å². The molecule has 0 spiro atoms. The Labute approximate surface area is 148 Å². The van der Waals surface area contributed by atoms with Crippen molar-refractivity contribution >= 4 is 20.0 Å². The van der Waals surface area contributed by atoms with Crippen LogP contribution in [0.1, 0.15) is 13.8 Å². The molecule has 0 amide bonds. The highest BCUT2D eigenvalue weighted by Gasteiger charge is 2.39. The number of morpholine rings is 1. The van der Waals surface area contributed by atoms with Crippen molar-refractivity contribution in [1.29, 1.82) is 0 Å². The van der Waals surface area contributed by atoms with Crippen LogP contribution in [0.5, 0.6) is 0 Å². The molecule has 0 atom stereocenters. The van der Waals surface area contributed by atoms with Crippen molar-refractivity contribution < 1.29 is 26.0 Å². The zero-order chi connectivity index (χ0) is 18.9. The van der Waals surface area contributed by atoms with E-state index >= 15 is 0 Å². The SMILES string of the molecule is CN(CCS(=O)(=O)N1CCOCC1(C)C)S(=O)(=O)c1ccc(F)cc1. The minimum Gasteiger partial charge on any atom is -0.378 e. The summed E-state index contributed by atoms with van der Waals surface area (Å²) >= 11 is 0. The highest BCUT2D eigenvalue weighted by Crippen LogP contribution is 2.23. The van der Waals surface area contributed by atoms with Crippen LogP contribution in [0.25, 0.3) is 0 Å². The summed E-state index contributed by atoms with van der Waals surface area (Å²) in [6.07, 6.45) is 0. The smallest absolute Gasteiger partial charge is 0.242 e. The Morgan fingerprint density at radius 2 is 1.80 bits per heavy atom. The van der Waals surface area contributed by atoms with E-state index in [1.165, 1.54) is 11.4 Å². The van der Waals surface area contributed by atoms with Gasteiger partial charge in [0.1, 0.15) is 5.82 Å². The van der Waals surface area contributed by atoms with Gasteiger partial charge in [-0.1, -0.05) is 0 Å². The number of sulfonamides is 2. The van der Waals surface area contributed by atoms with E-state index < -0.39 is 31.4 Å². The second kappa shape index (κ2) is 7.28. The number of halogens is 1. The summed E-state index contributed by atoms with van der Waals surface area (Å²) in [6.45, 7) is 4.17.